The van der Waals surface area contributed by atoms with Crippen molar-refractivity contribution in [3.63, 3.8) is 0 Å². The molecule has 146 valence electrons. The Morgan fingerprint density at radius 2 is 1.96 bits per heavy atom. The molecule has 6 nitrogen and oxygen atoms in total. The molecule has 2 heterocycles. The minimum absolute atomic E-state index is 0.00181. The molecule has 0 aromatic heterocycles. The SMILES string of the molecule is COCC(=O)O[C@H]1C[C@@]2(C)O[C@H]2CC23CCCC1C2C1(CC3)OCCO1. The predicted molar refractivity (Wildman–Crippen MR) is 91.4 cm³/mol. The van der Waals surface area contributed by atoms with Gasteiger partial charge in [0.15, 0.2) is 5.79 Å². The minimum Gasteiger partial charge on any atom is -0.460 e. The number of epoxide rings is 1. The number of carbonyl (C=O) groups is 1. The maximum Gasteiger partial charge on any atom is 0.332 e. The first-order valence-electron chi connectivity index (χ1n) is 10.1. The maximum atomic E-state index is 12.2. The average Bonchev–Trinajstić information content (AvgIpc) is 2.98. The first-order valence-corrected chi connectivity index (χ1v) is 10.1. The Balaban J connectivity index is 1.51. The van der Waals surface area contributed by atoms with Crippen molar-refractivity contribution < 1.29 is 28.5 Å². The summed E-state index contributed by atoms with van der Waals surface area (Å²) in [6.07, 6.45) is 7.50. The largest absolute Gasteiger partial charge is 0.460 e. The Bertz CT molecular complexity index is 587. The molecule has 0 aromatic carbocycles. The molecule has 3 aliphatic carbocycles. The van der Waals surface area contributed by atoms with Gasteiger partial charge in [-0.2, -0.15) is 0 Å². The van der Waals surface area contributed by atoms with Crippen LogP contribution in [0.4, 0.5) is 0 Å². The van der Waals surface area contributed by atoms with Gasteiger partial charge < -0.3 is 23.7 Å². The van der Waals surface area contributed by atoms with Crippen molar-refractivity contribution in [3.05, 3.63) is 0 Å². The fourth-order valence-corrected chi connectivity index (χ4v) is 6.74. The quantitative estimate of drug-likeness (QED) is 0.565. The zero-order chi connectivity index (χ0) is 18.0. The van der Waals surface area contributed by atoms with Gasteiger partial charge in [-0.15, -0.1) is 0 Å². The van der Waals surface area contributed by atoms with Crippen molar-refractivity contribution in [1.29, 1.82) is 0 Å². The highest BCUT2D eigenvalue weighted by atomic mass is 16.7. The lowest BCUT2D eigenvalue weighted by molar-refractivity contribution is -0.230. The zero-order valence-electron chi connectivity index (χ0n) is 15.8. The summed E-state index contributed by atoms with van der Waals surface area (Å²) in [6, 6.07) is 0. The molecule has 2 saturated heterocycles. The van der Waals surface area contributed by atoms with E-state index >= 15 is 0 Å². The second-order valence-corrected chi connectivity index (χ2v) is 9.19. The first-order chi connectivity index (χ1) is 12.5. The van der Waals surface area contributed by atoms with Crippen LogP contribution in [0.2, 0.25) is 0 Å². The van der Waals surface area contributed by atoms with Crippen molar-refractivity contribution in [3.8, 4) is 0 Å². The monoisotopic (exact) mass is 366 g/mol. The van der Waals surface area contributed by atoms with Gasteiger partial charge in [-0.25, -0.2) is 4.79 Å². The minimum atomic E-state index is -0.473. The van der Waals surface area contributed by atoms with E-state index in [-0.39, 0.29) is 41.7 Å². The van der Waals surface area contributed by atoms with Crippen molar-refractivity contribution >= 4 is 5.97 Å². The van der Waals surface area contributed by atoms with E-state index < -0.39 is 5.79 Å². The molecule has 5 rings (SSSR count). The van der Waals surface area contributed by atoms with Gasteiger partial charge >= 0.3 is 5.97 Å². The summed E-state index contributed by atoms with van der Waals surface area (Å²) >= 11 is 0. The van der Waals surface area contributed by atoms with E-state index in [0.717, 1.165) is 32.1 Å². The summed E-state index contributed by atoms with van der Waals surface area (Å²) in [6.45, 7) is 3.52. The van der Waals surface area contributed by atoms with E-state index in [4.69, 9.17) is 23.7 Å². The molecule has 0 N–H and O–H groups in total. The molecule has 26 heavy (non-hydrogen) atoms. The third-order valence-electron chi connectivity index (χ3n) is 7.78. The van der Waals surface area contributed by atoms with Crippen LogP contribution in [-0.2, 0) is 28.5 Å². The number of rotatable bonds is 3. The highest BCUT2D eigenvalue weighted by molar-refractivity contribution is 5.70. The van der Waals surface area contributed by atoms with Crippen molar-refractivity contribution in [2.75, 3.05) is 26.9 Å². The summed E-state index contributed by atoms with van der Waals surface area (Å²) in [5.41, 5.74) is 0.0424. The van der Waals surface area contributed by atoms with Gasteiger partial charge in [0.2, 0.25) is 0 Å². The highest BCUT2D eigenvalue weighted by Crippen LogP contribution is 2.67. The van der Waals surface area contributed by atoms with Gasteiger partial charge in [0.05, 0.1) is 24.9 Å². The first kappa shape index (κ1) is 17.4. The molecular weight excluding hydrogens is 336 g/mol. The molecule has 3 saturated carbocycles. The van der Waals surface area contributed by atoms with Crippen LogP contribution >= 0.6 is 0 Å². The Hall–Kier alpha value is -0.690. The van der Waals surface area contributed by atoms with E-state index in [1.807, 2.05) is 0 Å². The topological polar surface area (TPSA) is 66.5 Å². The summed E-state index contributed by atoms with van der Waals surface area (Å²) in [5, 5.41) is 0. The molecule has 6 heteroatoms. The van der Waals surface area contributed by atoms with Crippen LogP contribution in [0.25, 0.3) is 0 Å². The number of ether oxygens (including phenoxy) is 5. The molecule has 3 unspecified atom stereocenters. The fourth-order valence-electron chi connectivity index (χ4n) is 6.74. The lowest BCUT2D eigenvalue weighted by Gasteiger charge is -2.51. The fraction of sp³-hybridized carbons (Fsp3) is 0.950. The molecular formula is C20H30O6. The van der Waals surface area contributed by atoms with E-state index in [1.54, 1.807) is 0 Å². The number of fused-ring (bicyclic) bond motifs is 1. The van der Waals surface area contributed by atoms with Crippen LogP contribution in [0, 0.1) is 17.3 Å². The second-order valence-electron chi connectivity index (χ2n) is 9.19. The Morgan fingerprint density at radius 1 is 1.15 bits per heavy atom. The molecule has 0 amide bonds. The van der Waals surface area contributed by atoms with E-state index in [2.05, 4.69) is 6.92 Å². The van der Waals surface area contributed by atoms with Crippen LogP contribution < -0.4 is 0 Å². The number of esters is 1. The molecule has 0 radical (unpaired) electrons. The molecule has 5 aliphatic rings. The second kappa shape index (κ2) is 5.90. The van der Waals surface area contributed by atoms with Crippen molar-refractivity contribution in [2.45, 2.75) is 75.5 Å². The molecule has 6 atom stereocenters. The third-order valence-corrected chi connectivity index (χ3v) is 7.78. The van der Waals surface area contributed by atoms with Crippen LogP contribution in [0.15, 0.2) is 0 Å². The van der Waals surface area contributed by atoms with Gasteiger partial charge in [0.1, 0.15) is 12.7 Å². The normalized spacial score (nSPS) is 48.4. The van der Waals surface area contributed by atoms with Crippen LogP contribution in [0.3, 0.4) is 0 Å². The predicted octanol–water partition coefficient (Wildman–Crippen LogP) is 2.44. The van der Waals surface area contributed by atoms with Crippen molar-refractivity contribution in [2.24, 2.45) is 17.3 Å². The van der Waals surface area contributed by atoms with Gasteiger partial charge in [-0.3, -0.25) is 0 Å². The average molecular weight is 366 g/mol. The summed E-state index contributed by atoms with van der Waals surface area (Å²) in [5.74, 6) is -0.192. The highest BCUT2D eigenvalue weighted by Gasteiger charge is 2.70. The van der Waals surface area contributed by atoms with Gasteiger partial charge in [0.25, 0.3) is 0 Å². The van der Waals surface area contributed by atoms with Gasteiger partial charge in [-0.1, -0.05) is 6.42 Å². The lowest BCUT2D eigenvalue weighted by atomic mass is 9.56. The van der Waals surface area contributed by atoms with Gasteiger partial charge in [0, 0.05) is 31.8 Å². The van der Waals surface area contributed by atoms with Crippen LogP contribution in [0.1, 0.15) is 51.9 Å². The number of hydrogen-bond donors (Lipinski definition) is 0. The number of methoxy groups -OCH3 is 1. The van der Waals surface area contributed by atoms with Crippen LogP contribution in [-0.4, -0.2) is 56.5 Å². The van der Waals surface area contributed by atoms with Crippen molar-refractivity contribution in [1.82, 2.24) is 0 Å². The lowest BCUT2D eigenvalue weighted by Crippen LogP contribution is -2.54. The molecule has 5 fully saturated rings. The molecule has 2 aliphatic heterocycles. The Morgan fingerprint density at radius 3 is 2.73 bits per heavy atom. The van der Waals surface area contributed by atoms with Crippen LogP contribution in [0.5, 0.6) is 0 Å². The summed E-state index contributed by atoms with van der Waals surface area (Å²) < 4.78 is 29.6. The van der Waals surface area contributed by atoms with Gasteiger partial charge in [-0.05, 0) is 38.0 Å². The van der Waals surface area contributed by atoms with E-state index in [9.17, 15) is 4.79 Å². The molecule has 0 aromatic rings. The number of carbonyl (C=O) groups excluding carboxylic acids is 1. The van der Waals surface area contributed by atoms with E-state index in [0.29, 0.717) is 19.1 Å². The Labute approximate surface area is 154 Å². The zero-order valence-corrected chi connectivity index (χ0v) is 15.8. The Kier molecular flexibility index (Phi) is 3.95. The molecule has 2 bridgehead atoms. The summed E-state index contributed by atoms with van der Waals surface area (Å²) in [7, 11) is 1.53. The smallest absolute Gasteiger partial charge is 0.332 e. The number of hydrogen-bond acceptors (Lipinski definition) is 6. The molecule has 1 spiro atoms. The maximum absolute atomic E-state index is 12.2. The standard InChI is InChI=1S/C20H30O6/c1-18-10-14(25-16(21)12-22-2)13-4-3-5-19(11-15(18)26-18)6-7-20(17(13)19)23-8-9-24-20/h13-15,17H,3-12H2,1-2H3/t13?,14-,15-,17?,18+,19?/m0/s1. The summed E-state index contributed by atoms with van der Waals surface area (Å²) in [4.78, 5) is 12.2. The third kappa shape index (κ3) is 2.49. The van der Waals surface area contributed by atoms with E-state index in [1.165, 1.54) is 20.0 Å².